The van der Waals surface area contributed by atoms with Crippen molar-refractivity contribution in [2.75, 3.05) is 13.6 Å². The van der Waals surface area contributed by atoms with Crippen LogP contribution in [0, 0.1) is 11.8 Å². The van der Waals surface area contributed by atoms with Crippen LogP contribution in [0.5, 0.6) is 0 Å². The molecule has 0 saturated carbocycles. The van der Waals surface area contributed by atoms with Gasteiger partial charge in [-0.25, -0.2) is 8.42 Å². The number of benzene rings is 1. The van der Waals surface area contributed by atoms with E-state index in [1.54, 1.807) is 12.1 Å². The van der Waals surface area contributed by atoms with Crippen LogP contribution in [0.1, 0.15) is 12.5 Å². The van der Waals surface area contributed by atoms with Crippen LogP contribution in [-0.2, 0) is 14.8 Å². The van der Waals surface area contributed by atoms with Crippen molar-refractivity contribution in [1.82, 2.24) is 10.0 Å². The van der Waals surface area contributed by atoms with Gasteiger partial charge in [0.2, 0.25) is 15.9 Å². The van der Waals surface area contributed by atoms with Crippen molar-refractivity contribution in [3.8, 4) is 11.8 Å². The first kappa shape index (κ1) is 16.2. The number of carbonyl (C=O) groups excluding carboxylic acids is 1. The molecule has 108 valence electrons. The van der Waals surface area contributed by atoms with Crippen LogP contribution in [0.25, 0.3) is 0 Å². The van der Waals surface area contributed by atoms with Gasteiger partial charge in [0.15, 0.2) is 0 Å². The topological polar surface area (TPSA) is 101 Å². The molecule has 1 aromatic carbocycles. The van der Waals surface area contributed by atoms with Gasteiger partial charge in [0.05, 0.1) is 17.5 Å². The summed E-state index contributed by atoms with van der Waals surface area (Å²) in [4.78, 5) is 11.4. The molecule has 0 aromatic heterocycles. The Morgan fingerprint density at radius 2 is 2.15 bits per heavy atom. The number of hydrogen-bond acceptors (Lipinski definition) is 4. The summed E-state index contributed by atoms with van der Waals surface area (Å²) in [5, 5.41) is 2.38. The van der Waals surface area contributed by atoms with Crippen LogP contribution in [0.15, 0.2) is 29.2 Å². The molecule has 0 radical (unpaired) electrons. The molecule has 0 fully saturated rings. The van der Waals surface area contributed by atoms with E-state index in [-0.39, 0.29) is 11.4 Å². The van der Waals surface area contributed by atoms with Gasteiger partial charge >= 0.3 is 0 Å². The molecule has 0 aliphatic rings. The van der Waals surface area contributed by atoms with Gasteiger partial charge in [0.1, 0.15) is 0 Å². The second-order valence-electron chi connectivity index (χ2n) is 3.99. The fraction of sp³-hybridized carbons (Fsp3) is 0.308. The van der Waals surface area contributed by atoms with E-state index >= 15 is 0 Å². The van der Waals surface area contributed by atoms with Crippen molar-refractivity contribution < 1.29 is 13.2 Å². The minimum atomic E-state index is -3.77. The second kappa shape index (κ2) is 7.05. The van der Waals surface area contributed by atoms with Crippen LogP contribution >= 0.6 is 0 Å². The maximum Gasteiger partial charge on any atom is 0.241 e. The van der Waals surface area contributed by atoms with Crippen molar-refractivity contribution in [3.63, 3.8) is 0 Å². The van der Waals surface area contributed by atoms with Crippen molar-refractivity contribution in [2.45, 2.75) is 17.9 Å². The molecule has 1 aromatic rings. The standard InChI is InChI=1S/C13H17N3O3S/c1-10(13(17)15-2)16-20(18,19)12-7-3-5-11(9-12)6-4-8-14/h3,5,7,9-10,16H,8,14H2,1-2H3,(H,15,17). The third kappa shape index (κ3) is 4.35. The summed E-state index contributed by atoms with van der Waals surface area (Å²) in [6.07, 6.45) is 0. The van der Waals surface area contributed by atoms with E-state index in [0.29, 0.717) is 5.56 Å². The third-order valence-electron chi connectivity index (χ3n) is 2.45. The molecule has 4 N–H and O–H groups in total. The van der Waals surface area contributed by atoms with E-state index in [4.69, 9.17) is 5.73 Å². The Hall–Kier alpha value is -1.88. The van der Waals surface area contributed by atoms with Crippen molar-refractivity contribution in [1.29, 1.82) is 0 Å². The molecule has 0 aliphatic heterocycles. The van der Waals surface area contributed by atoms with E-state index in [1.807, 2.05) is 0 Å². The lowest BCUT2D eigenvalue weighted by Crippen LogP contribution is -2.43. The third-order valence-corrected chi connectivity index (χ3v) is 3.99. The first-order chi connectivity index (χ1) is 9.40. The van der Waals surface area contributed by atoms with Gasteiger partial charge in [-0.3, -0.25) is 4.79 Å². The summed E-state index contributed by atoms with van der Waals surface area (Å²) in [6, 6.07) is 5.28. The molecule has 0 spiro atoms. The van der Waals surface area contributed by atoms with Crippen LogP contribution in [0.3, 0.4) is 0 Å². The Morgan fingerprint density at radius 1 is 1.45 bits per heavy atom. The number of amides is 1. The van der Waals surface area contributed by atoms with E-state index in [1.165, 1.54) is 26.1 Å². The SMILES string of the molecule is CNC(=O)C(C)NS(=O)(=O)c1cccc(C#CCN)c1. The maximum absolute atomic E-state index is 12.1. The Morgan fingerprint density at radius 3 is 2.75 bits per heavy atom. The highest BCUT2D eigenvalue weighted by Gasteiger charge is 2.21. The molecule has 0 aliphatic carbocycles. The number of nitrogens with two attached hydrogens (primary N) is 1. The first-order valence-corrected chi connectivity index (χ1v) is 7.42. The molecule has 7 heteroatoms. The predicted molar refractivity (Wildman–Crippen MR) is 76.2 cm³/mol. The largest absolute Gasteiger partial charge is 0.358 e. The average Bonchev–Trinajstić information content (AvgIpc) is 2.44. The molecule has 1 atom stereocenters. The Balaban J connectivity index is 3.01. The van der Waals surface area contributed by atoms with Gasteiger partial charge < -0.3 is 11.1 Å². The lowest BCUT2D eigenvalue weighted by Gasteiger charge is -2.12. The predicted octanol–water partition coefficient (Wildman–Crippen LogP) is -0.590. The van der Waals surface area contributed by atoms with Crippen LogP contribution in [0.2, 0.25) is 0 Å². The monoisotopic (exact) mass is 295 g/mol. The molecule has 1 unspecified atom stereocenters. The molecule has 0 bridgehead atoms. The van der Waals surface area contributed by atoms with Crippen LogP contribution in [0.4, 0.5) is 0 Å². The van der Waals surface area contributed by atoms with Gasteiger partial charge in [-0.15, -0.1) is 0 Å². The second-order valence-corrected chi connectivity index (χ2v) is 5.70. The number of carbonyl (C=O) groups is 1. The summed E-state index contributed by atoms with van der Waals surface area (Å²) < 4.78 is 26.5. The van der Waals surface area contributed by atoms with E-state index in [2.05, 4.69) is 21.9 Å². The number of sulfonamides is 1. The minimum absolute atomic E-state index is 0.0528. The van der Waals surface area contributed by atoms with Crippen LogP contribution < -0.4 is 15.8 Å². The fourth-order valence-corrected chi connectivity index (χ4v) is 2.71. The number of hydrogen-bond donors (Lipinski definition) is 3. The zero-order valence-electron chi connectivity index (χ0n) is 11.3. The summed E-state index contributed by atoms with van der Waals surface area (Å²) in [6.45, 7) is 1.66. The first-order valence-electron chi connectivity index (χ1n) is 5.93. The summed E-state index contributed by atoms with van der Waals surface area (Å²) >= 11 is 0. The fourth-order valence-electron chi connectivity index (χ4n) is 1.46. The smallest absolute Gasteiger partial charge is 0.241 e. The Bertz CT molecular complexity index is 644. The lowest BCUT2D eigenvalue weighted by atomic mass is 10.2. The molecule has 1 amide bonds. The molecule has 0 saturated heterocycles. The molecular formula is C13H17N3O3S. The Kier molecular flexibility index (Phi) is 5.70. The average molecular weight is 295 g/mol. The molecular weight excluding hydrogens is 278 g/mol. The number of rotatable bonds is 4. The zero-order chi connectivity index (χ0) is 15.2. The van der Waals surface area contributed by atoms with E-state index in [9.17, 15) is 13.2 Å². The highest BCUT2D eigenvalue weighted by molar-refractivity contribution is 7.89. The molecule has 6 nitrogen and oxygen atoms in total. The Labute approximate surface area is 118 Å². The van der Waals surface area contributed by atoms with Gasteiger partial charge in [-0.05, 0) is 25.1 Å². The normalized spacial score (nSPS) is 12.2. The molecule has 1 rings (SSSR count). The summed E-state index contributed by atoms with van der Waals surface area (Å²) in [5.41, 5.74) is 5.81. The van der Waals surface area contributed by atoms with Crippen molar-refractivity contribution in [3.05, 3.63) is 29.8 Å². The minimum Gasteiger partial charge on any atom is -0.358 e. The lowest BCUT2D eigenvalue weighted by molar-refractivity contribution is -0.121. The van der Waals surface area contributed by atoms with Crippen molar-refractivity contribution in [2.24, 2.45) is 5.73 Å². The molecule has 20 heavy (non-hydrogen) atoms. The summed E-state index contributed by atoms with van der Waals surface area (Å²) in [5.74, 6) is 5.00. The maximum atomic E-state index is 12.1. The quantitative estimate of drug-likeness (QED) is 0.646. The van der Waals surface area contributed by atoms with E-state index < -0.39 is 22.0 Å². The number of nitrogens with one attached hydrogen (secondary N) is 2. The molecule has 0 heterocycles. The van der Waals surface area contributed by atoms with Crippen LogP contribution in [-0.4, -0.2) is 34.0 Å². The zero-order valence-corrected chi connectivity index (χ0v) is 12.1. The highest BCUT2D eigenvalue weighted by Crippen LogP contribution is 2.11. The van der Waals surface area contributed by atoms with Gasteiger partial charge in [0, 0.05) is 12.6 Å². The number of likely N-dealkylation sites (N-methyl/N-ethyl adjacent to an activating group) is 1. The summed E-state index contributed by atoms with van der Waals surface area (Å²) in [7, 11) is -2.33. The van der Waals surface area contributed by atoms with Gasteiger partial charge in [-0.2, -0.15) is 4.72 Å². The van der Waals surface area contributed by atoms with Gasteiger partial charge in [-0.1, -0.05) is 17.9 Å². The van der Waals surface area contributed by atoms with E-state index in [0.717, 1.165) is 0 Å². The van der Waals surface area contributed by atoms with Crippen molar-refractivity contribution >= 4 is 15.9 Å². The van der Waals surface area contributed by atoms with Gasteiger partial charge in [0.25, 0.3) is 0 Å². The highest BCUT2D eigenvalue weighted by atomic mass is 32.2.